The first-order valence-electron chi connectivity index (χ1n) is 6.24. The van der Waals surface area contributed by atoms with Crippen LogP contribution in [0.25, 0.3) is 0 Å². The van der Waals surface area contributed by atoms with Crippen molar-refractivity contribution in [3.63, 3.8) is 0 Å². The molecule has 1 spiro atoms. The summed E-state index contributed by atoms with van der Waals surface area (Å²) in [5, 5.41) is 2.23. The lowest BCUT2D eigenvalue weighted by Gasteiger charge is -2.33. The second kappa shape index (κ2) is 3.72. The third kappa shape index (κ3) is 1.21. The van der Waals surface area contributed by atoms with Crippen molar-refractivity contribution in [2.24, 2.45) is 4.99 Å². The number of benzene rings is 1. The summed E-state index contributed by atoms with van der Waals surface area (Å²) in [7, 11) is 0. The van der Waals surface area contributed by atoms with Gasteiger partial charge in [-0.3, -0.25) is 4.99 Å². The number of thioether (sulfide) groups is 1. The van der Waals surface area contributed by atoms with Crippen molar-refractivity contribution in [2.75, 3.05) is 5.75 Å². The number of rotatable bonds is 0. The summed E-state index contributed by atoms with van der Waals surface area (Å²) in [4.78, 5) is 4.84. The molecule has 0 saturated carbocycles. The quantitative estimate of drug-likeness (QED) is 0.674. The Balaban J connectivity index is 2.02. The van der Waals surface area contributed by atoms with Crippen LogP contribution in [-0.4, -0.2) is 11.5 Å². The van der Waals surface area contributed by atoms with Crippen LogP contribution in [0.5, 0.6) is 0 Å². The fourth-order valence-corrected chi connectivity index (χ4v) is 4.01. The van der Waals surface area contributed by atoms with E-state index in [2.05, 4.69) is 54.0 Å². The minimum absolute atomic E-state index is 0.0192. The molecule has 0 radical (unpaired) electrons. The molecule has 0 N–H and O–H groups in total. The molecule has 2 heteroatoms. The van der Waals surface area contributed by atoms with Crippen LogP contribution in [0.1, 0.15) is 12.0 Å². The minimum atomic E-state index is 0.0192. The molecule has 1 aliphatic carbocycles. The number of aliphatic imine (C=N–C) groups is 1. The third-order valence-corrected chi connectivity index (χ3v) is 4.86. The molecule has 0 saturated heterocycles. The Labute approximate surface area is 111 Å². The average molecular weight is 251 g/mol. The number of allylic oxidation sites excluding steroid dienone is 4. The molecule has 1 unspecified atom stereocenters. The summed E-state index contributed by atoms with van der Waals surface area (Å²) in [6.45, 7) is 0. The van der Waals surface area contributed by atoms with E-state index in [9.17, 15) is 0 Å². The zero-order valence-electron chi connectivity index (χ0n) is 9.97. The smallest absolute Gasteiger partial charge is 0.0678 e. The number of para-hydroxylation sites is 1. The van der Waals surface area contributed by atoms with E-state index >= 15 is 0 Å². The number of nitrogens with zero attached hydrogens (tertiary/aromatic N) is 1. The van der Waals surface area contributed by atoms with Gasteiger partial charge >= 0.3 is 0 Å². The maximum atomic E-state index is 4.84. The lowest BCUT2D eigenvalue weighted by atomic mass is 9.68. The fraction of sp³-hybridized carbons (Fsp3) is 0.188. The maximum absolute atomic E-state index is 4.84. The van der Waals surface area contributed by atoms with Gasteiger partial charge in [-0.2, -0.15) is 0 Å². The Bertz CT molecular complexity index is 636. The molecule has 3 aliphatic rings. The van der Waals surface area contributed by atoms with E-state index in [1.54, 1.807) is 0 Å². The van der Waals surface area contributed by atoms with Crippen molar-refractivity contribution < 1.29 is 0 Å². The Morgan fingerprint density at radius 2 is 2.17 bits per heavy atom. The first kappa shape index (κ1) is 10.4. The molecular formula is C16H13NS. The molecule has 1 nitrogen and oxygen atoms in total. The van der Waals surface area contributed by atoms with Gasteiger partial charge in [-0.25, -0.2) is 0 Å². The maximum Gasteiger partial charge on any atom is 0.0678 e. The summed E-state index contributed by atoms with van der Waals surface area (Å²) in [6.07, 6.45) is 9.92. The van der Waals surface area contributed by atoms with E-state index in [4.69, 9.17) is 4.99 Å². The highest BCUT2D eigenvalue weighted by atomic mass is 32.2. The summed E-state index contributed by atoms with van der Waals surface area (Å²) in [6, 6.07) is 8.57. The minimum Gasteiger partial charge on any atom is -0.252 e. The molecule has 1 atom stereocenters. The third-order valence-electron chi connectivity index (χ3n) is 4.00. The molecular weight excluding hydrogens is 238 g/mol. The molecule has 0 fully saturated rings. The van der Waals surface area contributed by atoms with Crippen molar-refractivity contribution in [1.82, 2.24) is 0 Å². The van der Waals surface area contributed by atoms with Crippen molar-refractivity contribution >= 4 is 23.2 Å². The summed E-state index contributed by atoms with van der Waals surface area (Å²) in [5.41, 5.74) is 5.25. The van der Waals surface area contributed by atoms with Gasteiger partial charge < -0.3 is 0 Å². The van der Waals surface area contributed by atoms with Gasteiger partial charge in [-0.15, -0.1) is 11.8 Å². The Hall–Kier alpha value is -1.54. The van der Waals surface area contributed by atoms with Crippen LogP contribution in [-0.2, 0) is 5.41 Å². The van der Waals surface area contributed by atoms with Crippen molar-refractivity contribution in [3.8, 4) is 0 Å². The van der Waals surface area contributed by atoms with E-state index in [1.807, 2.05) is 11.8 Å². The van der Waals surface area contributed by atoms with E-state index in [-0.39, 0.29) is 5.41 Å². The number of hydrogen-bond acceptors (Lipinski definition) is 2. The normalized spacial score (nSPS) is 27.8. The molecule has 18 heavy (non-hydrogen) atoms. The zero-order valence-corrected chi connectivity index (χ0v) is 10.8. The highest BCUT2D eigenvalue weighted by Crippen LogP contribution is 2.50. The number of hydrogen-bond donors (Lipinski definition) is 0. The van der Waals surface area contributed by atoms with Crippen molar-refractivity contribution in [2.45, 2.75) is 11.8 Å². The Morgan fingerprint density at radius 1 is 1.22 bits per heavy atom. The van der Waals surface area contributed by atoms with Crippen LogP contribution in [0.3, 0.4) is 0 Å². The van der Waals surface area contributed by atoms with Gasteiger partial charge in [0.25, 0.3) is 0 Å². The molecule has 1 aromatic rings. The Morgan fingerprint density at radius 3 is 3.17 bits per heavy atom. The highest BCUT2D eigenvalue weighted by molar-refractivity contribution is 8.02. The van der Waals surface area contributed by atoms with E-state index in [0.717, 1.165) is 17.9 Å². The molecule has 0 bridgehead atoms. The molecule has 2 heterocycles. The molecule has 88 valence electrons. The first-order valence-corrected chi connectivity index (χ1v) is 7.29. The van der Waals surface area contributed by atoms with Crippen LogP contribution in [0, 0.1) is 0 Å². The summed E-state index contributed by atoms with van der Waals surface area (Å²) < 4.78 is 0. The SMILES string of the molecule is C1=CC2=Nc3ccccc3C23CC=CSCC3=C1. The molecule has 0 amide bonds. The average Bonchev–Trinajstić information content (AvgIpc) is 2.57. The van der Waals surface area contributed by atoms with Crippen molar-refractivity contribution in [3.05, 3.63) is 65.1 Å². The lowest BCUT2D eigenvalue weighted by Crippen LogP contribution is -2.35. The monoisotopic (exact) mass is 251 g/mol. The van der Waals surface area contributed by atoms with Gasteiger partial charge in [-0.05, 0) is 35.1 Å². The molecule has 1 aromatic carbocycles. The predicted molar refractivity (Wildman–Crippen MR) is 78.7 cm³/mol. The fourth-order valence-electron chi connectivity index (χ4n) is 3.16. The van der Waals surface area contributed by atoms with Crippen LogP contribution < -0.4 is 0 Å². The molecule has 0 aromatic heterocycles. The van der Waals surface area contributed by atoms with Crippen LogP contribution in [0.15, 0.2) is 64.5 Å². The van der Waals surface area contributed by atoms with E-state index < -0.39 is 0 Å². The predicted octanol–water partition coefficient (Wildman–Crippen LogP) is 4.16. The van der Waals surface area contributed by atoms with Gasteiger partial charge in [0.1, 0.15) is 0 Å². The van der Waals surface area contributed by atoms with Gasteiger partial charge in [0.2, 0.25) is 0 Å². The lowest BCUT2D eigenvalue weighted by molar-refractivity contribution is 0.701. The van der Waals surface area contributed by atoms with Gasteiger partial charge in [-0.1, -0.05) is 36.4 Å². The van der Waals surface area contributed by atoms with Gasteiger partial charge in [0.05, 0.1) is 16.8 Å². The van der Waals surface area contributed by atoms with Crippen LogP contribution in [0.4, 0.5) is 5.69 Å². The van der Waals surface area contributed by atoms with Gasteiger partial charge in [0.15, 0.2) is 0 Å². The first-order chi connectivity index (χ1) is 8.91. The van der Waals surface area contributed by atoms with E-state index in [1.165, 1.54) is 16.8 Å². The van der Waals surface area contributed by atoms with Crippen LogP contribution in [0.2, 0.25) is 0 Å². The molecule has 2 aliphatic heterocycles. The van der Waals surface area contributed by atoms with Crippen LogP contribution >= 0.6 is 11.8 Å². The van der Waals surface area contributed by atoms with Gasteiger partial charge in [0, 0.05) is 5.75 Å². The second-order valence-corrected chi connectivity index (χ2v) is 5.75. The standard InChI is InChI=1S/C16H13NS/c1-2-7-14-13(6-1)16-9-4-10-18-11-12(16)5-3-8-15(16)17-14/h1-8,10H,9,11H2. The summed E-state index contributed by atoms with van der Waals surface area (Å²) >= 11 is 1.88. The Kier molecular flexibility index (Phi) is 2.15. The molecule has 4 rings (SSSR count). The zero-order chi connectivity index (χ0) is 12.0. The largest absolute Gasteiger partial charge is 0.252 e. The summed E-state index contributed by atoms with van der Waals surface area (Å²) in [5.74, 6) is 1.06. The van der Waals surface area contributed by atoms with E-state index in [0.29, 0.717) is 0 Å². The highest BCUT2D eigenvalue weighted by Gasteiger charge is 2.45. The number of fused-ring (bicyclic) bond motifs is 1. The topological polar surface area (TPSA) is 12.4 Å². The van der Waals surface area contributed by atoms with Crippen molar-refractivity contribution in [1.29, 1.82) is 0 Å². The second-order valence-electron chi connectivity index (χ2n) is 4.86.